The zero-order valence-electron chi connectivity index (χ0n) is 19.2. The Labute approximate surface area is 186 Å². The van der Waals surface area contributed by atoms with Crippen LogP contribution in [0.2, 0.25) is 0 Å². The Bertz CT molecular complexity index is 934. The Morgan fingerprint density at radius 1 is 1.16 bits per heavy atom. The highest BCUT2D eigenvalue weighted by molar-refractivity contribution is 7.89. The lowest BCUT2D eigenvalue weighted by atomic mass is 9.91. The maximum atomic E-state index is 13.3. The van der Waals surface area contributed by atoms with Gasteiger partial charge in [-0.25, -0.2) is 8.42 Å². The van der Waals surface area contributed by atoms with Crippen molar-refractivity contribution in [2.75, 3.05) is 24.5 Å². The number of likely N-dealkylation sites (tertiary alicyclic amines) is 1. The van der Waals surface area contributed by atoms with E-state index in [0.717, 1.165) is 17.7 Å². The van der Waals surface area contributed by atoms with Crippen molar-refractivity contribution >= 4 is 27.5 Å². The molecule has 31 heavy (non-hydrogen) atoms. The second-order valence-electron chi connectivity index (χ2n) is 9.70. The lowest BCUT2D eigenvalue weighted by Gasteiger charge is -2.37. The lowest BCUT2D eigenvalue weighted by Crippen LogP contribution is -2.52. The number of benzene rings is 1. The molecule has 3 rings (SSSR count). The van der Waals surface area contributed by atoms with Gasteiger partial charge < -0.3 is 9.80 Å². The standard InChI is InChI=1S/C23H35N3O4S/c1-15(2)10-21(23(28)25-13-16(3)11-17(4)14-25)24-31(29,30)20-6-7-22-19(12-20)8-9-26(22)18(5)27/h6-7,12,15-17,21,24H,8-11,13-14H2,1-5H3/t16-,17-,21-/m1/s1. The number of fused-ring (bicyclic) bond motifs is 1. The van der Waals surface area contributed by atoms with Crippen molar-refractivity contribution in [3.63, 3.8) is 0 Å². The van der Waals surface area contributed by atoms with Crippen molar-refractivity contribution in [2.24, 2.45) is 17.8 Å². The molecule has 2 heterocycles. The van der Waals surface area contributed by atoms with E-state index < -0.39 is 16.1 Å². The highest BCUT2D eigenvalue weighted by Gasteiger charge is 2.34. The van der Waals surface area contributed by atoms with Gasteiger partial charge in [0.25, 0.3) is 0 Å². The zero-order valence-corrected chi connectivity index (χ0v) is 20.0. The molecule has 1 saturated heterocycles. The summed E-state index contributed by atoms with van der Waals surface area (Å²) >= 11 is 0. The van der Waals surface area contributed by atoms with Gasteiger partial charge in [-0.3, -0.25) is 9.59 Å². The van der Waals surface area contributed by atoms with E-state index in [1.165, 1.54) is 13.0 Å². The summed E-state index contributed by atoms with van der Waals surface area (Å²) in [5.41, 5.74) is 1.60. The summed E-state index contributed by atoms with van der Waals surface area (Å²) in [4.78, 5) is 28.7. The van der Waals surface area contributed by atoms with Gasteiger partial charge in [0, 0.05) is 32.2 Å². The van der Waals surface area contributed by atoms with Crippen LogP contribution in [-0.4, -0.2) is 50.8 Å². The molecule has 0 spiro atoms. The van der Waals surface area contributed by atoms with Gasteiger partial charge in [0.15, 0.2) is 0 Å². The van der Waals surface area contributed by atoms with E-state index in [9.17, 15) is 18.0 Å². The number of anilines is 1. The SMILES string of the molecule is CC(=O)N1CCc2cc(S(=O)(=O)N[C@H](CC(C)C)C(=O)N3C[C@H](C)C[C@@H](C)C3)ccc21. The molecule has 0 aliphatic carbocycles. The number of nitrogens with one attached hydrogen (secondary N) is 1. The van der Waals surface area contributed by atoms with Gasteiger partial charge in [0.05, 0.1) is 4.90 Å². The number of nitrogens with zero attached hydrogens (tertiary/aromatic N) is 2. The number of carbonyl (C=O) groups excluding carboxylic acids is 2. The van der Waals surface area contributed by atoms with Crippen LogP contribution in [0.4, 0.5) is 5.69 Å². The van der Waals surface area contributed by atoms with Crippen LogP contribution in [0, 0.1) is 17.8 Å². The molecule has 1 aromatic carbocycles. The molecule has 172 valence electrons. The molecule has 0 radical (unpaired) electrons. The quantitative estimate of drug-likeness (QED) is 0.724. The van der Waals surface area contributed by atoms with Gasteiger partial charge in [0.1, 0.15) is 6.04 Å². The summed E-state index contributed by atoms with van der Waals surface area (Å²) in [6, 6.07) is 4.04. The molecule has 0 unspecified atom stereocenters. The molecule has 1 aromatic rings. The summed E-state index contributed by atoms with van der Waals surface area (Å²) in [6.07, 6.45) is 2.15. The van der Waals surface area contributed by atoms with Gasteiger partial charge in [-0.1, -0.05) is 27.7 Å². The first-order valence-corrected chi connectivity index (χ1v) is 12.7. The van der Waals surface area contributed by atoms with E-state index in [2.05, 4.69) is 18.6 Å². The summed E-state index contributed by atoms with van der Waals surface area (Å²) in [5.74, 6) is 0.787. The largest absolute Gasteiger partial charge is 0.341 e. The third-order valence-electron chi connectivity index (χ3n) is 6.12. The minimum Gasteiger partial charge on any atom is -0.341 e. The molecule has 2 aliphatic heterocycles. The number of amides is 2. The van der Waals surface area contributed by atoms with Crippen LogP contribution < -0.4 is 9.62 Å². The van der Waals surface area contributed by atoms with Gasteiger partial charge >= 0.3 is 0 Å². The maximum Gasteiger partial charge on any atom is 0.241 e. The molecular formula is C23H35N3O4S. The predicted molar refractivity (Wildman–Crippen MR) is 121 cm³/mol. The van der Waals surface area contributed by atoms with E-state index in [0.29, 0.717) is 44.3 Å². The molecule has 2 aliphatic rings. The number of carbonyl (C=O) groups is 2. The van der Waals surface area contributed by atoms with E-state index in [4.69, 9.17) is 0 Å². The van der Waals surface area contributed by atoms with Gasteiger partial charge in [-0.2, -0.15) is 4.72 Å². The van der Waals surface area contributed by atoms with E-state index in [1.54, 1.807) is 17.0 Å². The first kappa shape index (κ1) is 23.7. The fourth-order valence-electron chi connectivity index (χ4n) is 4.86. The van der Waals surface area contributed by atoms with Crippen molar-refractivity contribution in [3.8, 4) is 0 Å². The number of sulfonamides is 1. The van der Waals surface area contributed by atoms with E-state index in [-0.39, 0.29) is 22.6 Å². The highest BCUT2D eigenvalue weighted by atomic mass is 32.2. The van der Waals surface area contributed by atoms with Crippen LogP contribution in [0.5, 0.6) is 0 Å². The smallest absolute Gasteiger partial charge is 0.241 e. The molecule has 1 N–H and O–H groups in total. The molecule has 8 heteroatoms. The summed E-state index contributed by atoms with van der Waals surface area (Å²) in [7, 11) is -3.88. The minimum absolute atomic E-state index is 0.0555. The first-order chi connectivity index (χ1) is 14.5. The molecule has 3 atom stereocenters. The van der Waals surface area contributed by atoms with Crippen molar-refractivity contribution in [3.05, 3.63) is 23.8 Å². The number of hydrogen-bond acceptors (Lipinski definition) is 4. The van der Waals surface area contributed by atoms with Crippen molar-refractivity contribution in [1.82, 2.24) is 9.62 Å². The maximum absolute atomic E-state index is 13.3. The fraction of sp³-hybridized carbons (Fsp3) is 0.652. The fourth-order valence-corrected chi connectivity index (χ4v) is 6.11. The third-order valence-corrected chi connectivity index (χ3v) is 7.59. The average Bonchev–Trinajstić information content (AvgIpc) is 3.09. The Hall–Kier alpha value is -1.93. The van der Waals surface area contributed by atoms with E-state index in [1.807, 2.05) is 18.7 Å². The second kappa shape index (κ2) is 9.28. The Balaban J connectivity index is 1.82. The molecule has 0 saturated carbocycles. The normalized spacial score (nSPS) is 22.5. The highest BCUT2D eigenvalue weighted by Crippen LogP contribution is 2.30. The molecule has 1 fully saturated rings. The lowest BCUT2D eigenvalue weighted by molar-refractivity contribution is -0.136. The molecule has 0 bridgehead atoms. The second-order valence-corrected chi connectivity index (χ2v) is 11.4. The number of rotatable bonds is 6. The van der Waals surface area contributed by atoms with Crippen LogP contribution in [-0.2, 0) is 26.0 Å². The molecule has 0 aromatic heterocycles. The van der Waals surface area contributed by atoms with Crippen LogP contribution in [0.15, 0.2) is 23.1 Å². The minimum atomic E-state index is -3.88. The van der Waals surface area contributed by atoms with Crippen molar-refractivity contribution < 1.29 is 18.0 Å². The van der Waals surface area contributed by atoms with Gasteiger partial charge in [-0.05, 0) is 60.8 Å². The van der Waals surface area contributed by atoms with Crippen LogP contribution in [0.1, 0.15) is 53.0 Å². The Kier molecular flexibility index (Phi) is 7.11. The summed E-state index contributed by atoms with van der Waals surface area (Å²) in [6.45, 7) is 11.6. The molecule has 2 amide bonds. The monoisotopic (exact) mass is 449 g/mol. The molecular weight excluding hydrogens is 414 g/mol. The van der Waals surface area contributed by atoms with Crippen molar-refractivity contribution in [1.29, 1.82) is 0 Å². The average molecular weight is 450 g/mol. The van der Waals surface area contributed by atoms with Crippen LogP contribution >= 0.6 is 0 Å². The predicted octanol–water partition coefficient (Wildman–Crippen LogP) is 2.79. The van der Waals surface area contributed by atoms with Crippen LogP contribution in [0.3, 0.4) is 0 Å². The summed E-state index contributed by atoms with van der Waals surface area (Å²) < 4.78 is 29.1. The van der Waals surface area contributed by atoms with Gasteiger partial charge in [-0.15, -0.1) is 0 Å². The third kappa shape index (κ3) is 5.47. The van der Waals surface area contributed by atoms with E-state index >= 15 is 0 Å². The Morgan fingerprint density at radius 3 is 2.39 bits per heavy atom. The topological polar surface area (TPSA) is 86.8 Å². The number of piperidine rings is 1. The van der Waals surface area contributed by atoms with Crippen LogP contribution in [0.25, 0.3) is 0 Å². The Morgan fingerprint density at radius 2 is 1.81 bits per heavy atom. The number of hydrogen-bond donors (Lipinski definition) is 1. The van der Waals surface area contributed by atoms with Crippen molar-refractivity contribution in [2.45, 2.75) is 64.8 Å². The molecule has 7 nitrogen and oxygen atoms in total. The first-order valence-electron chi connectivity index (χ1n) is 11.2. The summed E-state index contributed by atoms with van der Waals surface area (Å²) in [5, 5.41) is 0. The van der Waals surface area contributed by atoms with Gasteiger partial charge in [0.2, 0.25) is 21.8 Å². The zero-order chi connectivity index (χ0) is 22.9.